The molecule has 1 aliphatic carbocycles. The SMILES string of the molecule is Cc1nc(CN2C[C@H](C3CC3)[C@@H](N)C2)c(C)s1.Cl.Cl. The lowest BCUT2D eigenvalue weighted by molar-refractivity contribution is 0.306. The molecule has 1 aromatic heterocycles. The molecular weight excluding hydrogens is 301 g/mol. The molecule has 110 valence electrons. The van der Waals surface area contributed by atoms with E-state index in [0.717, 1.165) is 24.9 Å². The summed E-state index contributed by atoms with van der Waals surface area (Å²) in [7, 11) is 0. The first-order valence-corrected chi connectivity index (χ1v) is 7.36. The number of nitrogens with zero attached hydrogens (tertiary/aromatic N) is 2. The van der Waals surface area contributed by atoms with E-state index in [4.69, 9.17) is 5.73 Å². The van der Waals surface area contributed by atoms with E-state index < -0.39 is 0 Å². The Bertz CT molecular complexity index is 420. The standard InChI is InChI=1S/C13H21N3S.2ClH/c1-8-13(15-9(2)17-8)7-16-5-11(10-3-4-10)12(14)6-16;;/h10-12H,3-7,14H2,1-2H3;2*1H/t11-,12+;;/m1../s1. The minimum atomic E-state index is 0. The van der Waals surface area contributed by atoms with Gasteiger partial charge in [0.05, 0.1) is 10.7 Å². The Balaban J connectivity index is 0.000000902. The average Bonchev–Trinajstić information content (AvgIpc) is 2.96. The van der Waals surface area contributed by atoms with Crippen molar-refractivity contribution < 1.29 is 0 Å². The highest BCUT2D eigenvalue weighted by Gasteiger charge is 2.40. The molecule has 1 saturated carbocycles. The lowest BCUT2D eigenvalue weighted by atomic mass is 9.99. The van der Waals surface area contributed by atoms with Crippen molar-refractivity contribution in [3.8, 4) is 0 Å². The summed E-state index contributed by atoms with van der Waals surface area (Å²) in [6.45, 7) is 7.49. The van der Waals surface area contributed by atoms with Crippen LogP contribution in [0.3, 0.4) is 0 Å². The third kappa shape index (κ3) is 3.82. The zero-order valence-corrected chi connectivity index (χ0v) is 13.9. The normalized spacial score (nSPS) is 26.9. The monoisotopic (exact) mass is 323 g/mol. The smallest absolute Gasteiger partial charge is 0.0900 e. The molecule has 2 heterocycles. The summed E-state index contributed by atoms with van der Waals surface area (Å²) in [6, 6.07) is 0.391. The molecule has 2 atom stereocenters. The summed E-state index contributed by atoms with van der Waals surface area (Å²) >= 11 is 1.80. The zero-order valence-electron chi connectivity index (χ0n) is 11.5. The third-order valence-corrected chi connectivity index (χ3v) is 5.02. The van der Waals surface area contributed by atoms with Crippen molar-refractivity contribution >= 4 is 36.2 Å². The summed E-state index contributed by atoms with van der Waals surface area (Å²) in [5, 5.41) is 1.18. The Kier molecular flexibility index (Phi) is 6.08. The van der Waals surface area contributed by atoms with Gasteiger partial charge in [0.15, 0.2) is 0 Å². The molecule has 2 aliphatic rings. The maximum atomic E-state index is 6.25. The number of thiazole rings is 1. The lowest BCUT2D eigenvalue weighted by Crippen LogP contribution is -2.30. The second-order valence-electron chi connectivity index (χ2n) is 5.59. The summed E-state index contributed by atoms with van der Waals surface area (Å²) in [5.41, 5.74) is 7.51. The Morgan fingerprint density at radius 2 is 1.95 bits per heavy atom. The summed E-state index contributed by atoms with van der Waals surface area (Å²) in [4.78, 5) is 8.48. The van der Waals surface area contributed by atoms with E-state index in [1.54, 1.807) is 11.3 Å². The van der Waals surface area contributed by atoms with Gasteiger partial charge in [0, 0.05) is 30.6 Å². The number of hydrogen-bond donors (Lipinski definition) is 1. The Morgan fingerprint density at radius 3 is 2.47 bits per heavy atom. The van der Waals surface area contributed by atoms with Crippen molar-refractivity contribution in [1.29, 1.82) is 0 Å². The molecule has 0 radical (unpaired) electrons. The van der Waals surface area contributed by atoms with Crippen molar-refractivity contribution in [1.82, 2.24) is 9.88 Å². The van der Waals surface area contributed by atoms with Crippen molar-refractivity contribution in [3.63, 3.8) is 0 Å². The molecular formula is C13H23Cl2N3S. The highest BCUT2D eigenvalue weighted by atomic mass is 35.5. The molecule has 3 rings (SSSR count). The van der Waals surface area contributed by atoms with Crippen molar-refractivity contribution in [2.75, 3.05) is 13.1 Å². The zero-order chi connectivity index (χ0) is 12.0. The van der Waals surface area contributed by atoms with Crippen LogP contribution in [0.4, 0.5) is 0 Å². The summed E-state index contributed by atoms with van der Waals surface area (Å²) < 4.78 is 0. The van der Waals surface area contributed by atoms with E-state index in [1.165, 1.54) is 35.0 Å². The maximum absolute atomic E-state index is 6.25. The number of nitrogens with two attached hydrogens (primary N) is 1. The van der Waals surface area contributed by atoms with Crippen LogP contribution in [0.1, 0.15) is 28.4 Å². The van der Waals surface area contributed by atoms with Crippen LogP contribution in [0.2, 0.25) is 0 Å². The molecule has 1 aromatic rings. The van der Waals surface area contributed by atoms with E-state index in [1.807, 2.05) is 0 Å². The van der Waals surface area contributed by atoms with Gasteiger partial charge in [-0.3, -0.25) is 4.90 Å². The number of likely N-dealkylation sites (tertiary alicyclic amines) is 1. The van der Waals surface area contributed by atoms with Gasteiger partial charge >= 0.3 is 0 Å². The molecule has 6 heteroatoms. The van der Waals surface area contributed by atoms with Crippen LogP contribution in [0.25, 0.3) is 0 Å². The largest absolute Gasteiger partial charge is 0.326 e. The number of halogens is 2. The highest BCUT2D eigenvalue weighted by Crippen LogP contribution is 2.41. The minimum absolute atomic E-state index is 0. The van der Waals surface area contributed by atoms with E-state index >= 15 is 0 Å². The molecule has 1 aliphatic heterocycles. The van der Waals surface area contributed by atoms with Gasteiger partial charge in [-0.25, -0.2) is 4.98 Å². The molecule has 0 amide bonds. The molecule has 19 heavy (non-hydrogen) atoms. The van der Waals surface area contributed by atoms with Crippen molar-refractivity contribution in [2.45, 2.75) is 39.3 Å². The van der Waals surface area contributed by atoms with E-state index in [9.17, 15) is 0 Å². The van der Waals surface area contributed by atoms with Crippen LogP contribution in [0.5, 0.6) is 0 Å². The summed E-state index contributed by atoms with van der Waals surface area (Å²) in [5.74, 6) is 1.67. The predicted molar refractivity (Wildman–Crippen MR) is 85.6 cm³/mol. The fourth-order valence-corrected chi connectivity index (χ4v) is 3.85. The van der Waals surface area contributed by atoms with Gasteiger partial charge in [-0.05, 0) is 38.5 Å². The quantitative estimate of drug-likeness (QED) is 0.930. The number of hydrogen-bond acceptors (Lipinski definition) is 4. The van der Waals surface area contributed by atoms with Crippen LogP contribution in [-0.2, 0) is 6.54 Å². The Labute approximate surface area is 131 Å². The topological polar surface area (TPSA) is 42.2 Å². The van der Waals surface area contributed by atoms with Gasteiger partial charge in [-0.2, -0.15) is 0 Å². The van der Waals surface area contributed by atoms with E-state index in [2.05, 4.69) is 23.7 Å². The lowest BCUT2D eigenvalue weighted by Gasteiger charge is -2.14. The minimum Gasteiger partial charge on any atom is -0.326 e. The molecule has 0 aromatic carbocycles. The van der Waals surface area contributed by atoms with Gasteiger partial charge in [0.1, 0.15) is 0 Å². The van der Waals surface area contributed by atoms with Crippen LogP contribution in [-0.4, -0.2) is 29.0 Å². The first-order valence-electron chi connectivity index (χ1n) is 6.54. The van der Waals surface area contributed by atoms with Gasteiger partial charge < -0.3 is 5.73 Å². The van der Waals surface area contributed by atoms with Gasteiger partial charge in [0.2, 0.25) is 0 Å². The van der Waals surface area contributed by atoms with Crippen molar-refractivity contribution in [2.24, 2.45) is 17.6 Å². The molecule has 3 nitrogen and oxygen atoms in total. The fraction of sp³-hybridized carbons (Fsp3) is 0.769. The van der Waals surface area contributed by atoms with Crippen LogP contribution in [0, 0.1) is 25.7 Å². The average molecular weight is 324 g/mol. The van der Waals surface area contributed by atoms with Gasteiger partial charge in [-0.1, -0.05) is 0 Å². The summed E-state index contributed by atoms with van der Waals surface area (Å²) in [6.07, 6.45) is 2.81. The van der Waals surface area contributed by atoms with Crippen LogP contribution in [0.15, 0.2) is 0 Å². The number of aryl methyl sites for hydroxylation is 2. The van der Waals surface area contributed by atoms with Crippen LogP contribution >= 0.6 is 36.2 Å². The maximum Gasteiger partial charge on any atom is 0.0900 e. The fourth-order valence-electron chi connectivity index (χ4n) is 3.02. The van der Waals surface area contributed by atoms with E-state index in [-0.39, 0.29) is 24.8 Å². The van der Waals surface area contributed by atoms with Crippen LogP contribution < -0.4 is 5.73 Å². The first-order chi connectivity index (χ1) is 8.13. The number of aromatic nitrogens is 1. The highest BCUT2D eigenvalue weighted by molar-refractivity contribution is 7.11. The Morgan fingerprint density at radius 1 is 1.26 bits per heavy atom. The molecule has 0 spiro atoms. The first kappa shape index (κ1) is 17.2. The number of rotatable bonds is 3. The molecule has 2 fully saturated rings. The molecule has 0 bridgehead atoms. The Hall–Kier alpha value is 0.130. The van der Waals surface area contributed by atoms with Crippen molar-refractivity contribution in [3.05, 3.63) is 15.6 Å². The predicted octanol–water partition coefficient (Wildman–Crippen LogP) is 2.77. The molecule has 1 saturated heterocycles. The molecule has 0 unspecified atom stereocenters. The molecule has 2 N–H and O–H groups in total. The van der Waals surface area contributed by atoms with Gasteiger partial charge in [0.25, 0.3) is 0 Å². The second-order valence-corrected chi connectivity index (χ2v) is 7.00. The third-order valence-electron chi connectivity index (χ3n) is 4.09. The van der Waals surface area contributed by atoms with Gasteiger partial charge in [-0.15, -0.1) is 36.2 Å². The second kappa shape index (κ2) is 6.72. The van der Waals surface area contributed by atoms with E-state index in [0.29, 0.717) is 6.04 Å².